The second-order valence-corrected chi connectivity index (χ2v) is 6.78. The van der Waals surface area contributed by atoms with Crippen LogP contribution in [-0.4, -0.2) is 83.2 Å². The Balaban J connectivity index is 1.79. The molecule has 4 atom stereocenters. The van der Waals surface area contributed by atoms with E-state index >= 15 is 0 Å². The van der Waals surface area contributed by atoms with Crippen molar-refractivity contribution in [3.05, 3.63) is 10.4 Å². The van der Waals surface area contributed by atoms with Gasteiger partial charge in [0.25, 0.3) is 5.56 Å². The Morgan fingerprint density at radius 2 is 1.85 bits per heavy atom. The number of aliphatic hydroxyl groups excluding tert-OH is 4. The summed E-state index contributed by atoms with van der Waals surface area (Å²) in [6.45, 7) is 0.502. The summed E-state index contributed by atoms with van der Waals surface area (Å²) in [5.74, 6) is 0.483. The van der Waals surface area contributed by atoms with Crippen LogP contribution in [0.2, 0.25) is 0 Å². The van der Waals surface area contributed by atoms with Crippen molar-refractivity contribution in [2.75, 3.05) is 24.6 Å². The van der Waals surface area contributed by atoms with E-state index in [9.17, 15) is 25.2 Å². The summed E-state index contributed by atoms with van der Waals surface area (Å²) in [5, 5.41) is 51.2. The monoisotopic (exact) mass is 382 g/mol. The summed E-state index contributed by atoms with van der Waals surface area (Å²) in [6, 6.07) is 0. The maximum Gasteiger partial charge on any atom is 0.298 e. The van der Waals surface area contributed by atoms with Crippen LogP contribution in [0.5, 0.6) is 0 Å². The molecule has 0 spiro atoms. The van der Waals surface area contributed by atoms with Gasteiger partial charge in [0, 0.05) is 13.1 Å². The molecule has 4 heterocycles. The van der Waals surface area contributed by atoms with E-state index in [1.54, 1.807) is 0 Å². The first-order valence-electron chi connectivity index (χ1n) is 8.91. The smallest absolute Gasteiger partial charge is 0.298 e. The molecule has 2 aromatic rings. The minimum absolute atomic E-state index is 0.0332. The van der Waals surface area contributed by atoms with E-state index in [1.807, 2.05) is 4.90 Å². The Kier molecular flexibility index (Phi) is 4.82. The van der Waals surface area contributed by atoms with E-state index in [0.717, 1.165) is 41.7 Å². The molecule has 4 N–H and O–H groups in total. The van der Waals surface area contributed by atoms with Gasteiger partial charge in [-0.05, 0) is 19.3 Å². The van der Waals surface area contributed by atoms with Gasteiger partial charge < -0.3 is 30.1 Å². The van der Waals surface area contributed by atoms with Gasteiger partial charge in [-0.15, -0.1) is 10.2 Å². The number of rotatable bonds is 4. The third kappa shape index (κ3) is 2.89. The fourth-order valence-electron chi connectivity index (χ4n) is 3.66. The fraction of sp³-hybridized carbons (Fsp3) is 0.733. The minimum Gasteiger partial charge on any atom is -0.394 e. The van der Waals surface area contributed by atoms with Crippen LogP contribution in [0, 0.1) is 0 Å². The van der Waals surface area contributed by atoms with Crippen molar-refractivity contribution in [3.63, 3.8) is 0 Å². The predicted molar refractivity (Wildman–Crippen MR) is 90.9 cm³/mol. The molecular weight excluding hydrogens is 360 g/mol. The van der Waals surface area contributed by atoms with Gasteiger partial charge in [0.15, 0.2) is 23.1 Å². The first-order valence-corrected chi connectivity index (χ1v) is 8.91. The summed E-state index contributed by atoms with van der Waals surface area (Å²) >= 11 is 0. The molecule has 12 heteroatoms. The molecule has 0 aromatic carbocycles. The van der Waals surface area contributed by atoms with Crippen molar-refractivity contribution < 1.29 is 25.2 Å². The fourth-order valence-corrected chi connectivity index (χ4v) is 3.66. The normalized spacial score (nSPS) is 29.0. The van der Waals surface area contributed by atoms with Crippen molar-refractivity contribution in [2.45, 2.75) is 50.5 Å². The van der Waals surface area contributed by atoms with Crippen LogP contribution in [-0.2, 0) is 11.5 Å². The van der Waals surface area contributed by atoms with Crippen LogP contribution in [0.25, 0.3) is 11.0 Å². The van der Waals surface area contributed by atoms with Crippen molar-refractivity contribution in [1.29, 1.82) is 0 Å². The van der Waals surface area contributed by atoms with E-state index in [-0.39, 0.29) is 11.0 Å². The van der Waals surface area contributed by atoms with E-state index < -0.39 is 43.4 Å². The number of nitrogens with zero attached hydrogens (tertiary/aromatic N) is 6. The van der Waals surface area contributed by atoms with Gasteiger partial charge in [0.05, 0.1) is 6.61 Å². The van der Waals surface area contributed by atoms with Gasteiger partial charge >= 0.3 is 0 Å². The Labute approximate surface area is 153 Å². The molecule has 0 radical (unpaired) electrons. The maximum absolute atomic E-state index is 13.0. The molecule has 4 rings (SSSR count). The molecule has 0 amide bonds. The molecular formula is C15H22N6O6. The van der Waals surface area contributed by atoms with Gasteiger partial charge in [-0.1, -0.05) is 5.21 Å². The van der Waals surface area contributed by atoms with Gasteiger partial charge in [-0.2, -0.15) is 4.68 Å². The second kappa shape index (κ2) is 7.13. The Hall–Kier alpha value is -2.12. The summed E-state index contributed by atoms with van der Waals surface area (Å²) in [5.41, 5.74) is -0.371. The molecule has 4 unspecified atom stereocenters. The topological polar surface area (TPSA) is 159 Å². The molecule has 0 aliphatic carbocycles. The highest BCUT2D eigenvalue weighted by Gasteiger charge is 2.45. The quantitative estimate of drug-likeness (QED) is 0.447. The van der Waals surface area contributed by atoms with E-state index in [4.69, 9.17) is 4.74 Å². The molecule has 2 saturated heterocycles. The van der Waals surface area contributed by atoms with Gasteiger partial charge in [0.1, 0.15) is 25.0 Å². The lowest BCUT2D eigenvalue weighted by Gasteiger charge is -2.26. The number of piperidine rings is 1. The Bertz CT molecular complexity index is 878. The van der Waals surface area contributed by atoms with Crippen LogP contribution in [0.15, 0.2) is 4.79 Å². The van der Waals surface area contributed by atoms with Crippen LogP contribution >= 0.6 is 0 Å². The van der Waals surface area contributed by atoms with E-state index in [1.165, 1.54) is 0 Å². The minimum atomic E-state index is -1.46. The van der Waals surface area contributed by atoms with Gasteiger partial charge in [-0.25, -0.2) is 4.68 Å². The lowest BCUT2D eigenvalue weighted by Crippen LogP contribution is -2.37. The predicted octanol–water partition coefficient (Wildman–Crippen LogP) is -2.46. The lowest BCUT2D eigenvalue weighted by atomic mass is 10.1. The third-order valence-electron chi connectivity index (χ3n) is 5.11. The number of ether oxygens (including phenoxy) is 1. The molecule has 12 nitrogen and oxygen atoms in total. The summed E-state index contributed by atoms with van der Waals surface area (Å²) in [7, 11) is 0. The first kappa shape index (κ1) is 18.3. The summed E-state index contributed by atoms with van der Waals surface area (Å²) in [6.07, 6.45) is -2.04. The van der Waals surface area contributed by atoms with Crippen molar-refractivity contribution in [1.82, 2.24) is 24.8 Å². The lowest BCUT2D eigenvalue weighted by molar-refractivity contribution is -0.0619. The van der Waals surface area contributed by atoms with E-state index in [2.05, 4.69) is 15.4 Å². The highest BCUT2D eigenvalue weighted by Crippen LogP contribution is 2.29. The second-order valence-electron chi connectivity index (χ2n) is 6.78. The largest absolute Gasteiger partial charge is 0.394 e. The molecule has 27 heavy (non-hydrogen) atoms. The average molecular weight is 382 g/mol. The number of fused-ring (bicyclic) bond motifs is 1. The number of aromatic nitrogens is 5. The van der Waals surface area contributed by atoms with E-state index in [0.29, 0.717) is 5.82 Å². The summed E-state index contributed by atoms with van der Waals surface area (Å²) in [4.78, 5) is 15.0. The Morgan fingerprint density at radius 3 is 2.48 bits per heavy atom. The standard InChI is InChI=1S/C15H22N6O6/c22-6-8-11(24)12(25)15(27-8)21-14(26)10-9(16-18-21)13(17-20(10)7-23)19-4-2-1-3-5-19/h8,11-12,15,22-25H,1-7H2. The number of aliphatic hydroxyl groups is 4. The highest BCUT2D eigenvalue weighted by molar-refractivity contribution is 5.85. The molecule has 2 aliphatic heterocycles. The van der Waals surface area contributed by atoms with Crippen molar-refractivity contribution in [2.24, 2.45) is 0 Å². The maximum atomic E-state index is 13.0. The number of hydrogen-bond donors (Lipinski definition) is 4. The SMILES string of the molecule is O=c1c2c(nnn1C1OC(CO)C(O)C1O)c(N1CCCCC1)nn2CO. The van der Waals surface area contributed by atoms with Crippen LogP contribution in [0.1, 0.15) is 25.5 Å². The zero-order chi connectivity index (χ0) is 19.1. The van der Waals surface area contributed by atoms with Crippen molar-refractivity contribution >= 4 is 16.9 Å². The zero-order valence-electron chi connectivity index (χ0n) is 14.5. The van der Waals surface area contributed by atoms with Crippen LogP contribution < -0.4 is 10.5 Å². The van der Waals surface area contributed by atoms with Crippen molar-refractivity contribution in [3.8, 4) is 0 Å². The molecule has 0 bridgehead atoms. The molecule has 0 saturated carbocycles. The highest BCUT2D eigenvalue weighted by atomic mass is 16.6. The first-order chi connectivity index (χ1) is 13.1. The van der Waals surface area contributed by atoms with Crippen LogP contribution in [0.3, 0.4) is 0 Å². The third-order valence-corrected chi connectivity index (χ3v) is 5.11. The molecule has 2 fully saturated rings. The zero-order valence-corrected chi connectivity index (χ0v) is 14.5. The van der Waals surface area contributed by atoms with Crippen LogP contribution in [0.4, 0.5) is 5.82 Å². The Morgan fingerprint density at radius 1 is 1.11 bits per heavy atom. The molecule has 148 valence electrons. The molecule has 2 aromatic heterocycles. The summed E-state index contributed by atoms with van der Waals surface area (Å²) < 4.78 is 7.29. The number of hydrogen-bond acceptors (Lipinski definition) is 10. The van der Waals surface area contributed by atoms with Gasteiger partial charge in [-0.3, -0.25) is 4.79 Å². The van der Waals surface area contributed by atoms with Gasteiger partial charge in [0.2, 0.25) is 0 Å². The number of anilines is 1. The molecule has 2 aliphatic rings. The average Bonchev–Trinajstić information content (AvgIpc) is 3.22.